The lowest BCUT2D eigenvalue weighted by molar-refractivity contribution is 0.0938. The summed E-state index contributed by atoms with van der Waals surface area (Å²) in [6.07, 6.45) is 0.678. The number of carbonyl (C=O) groups excluding carboxylic acids is 1. The normalized spacial score (nSPS) is 17.6. The number of hydrogen-bond acceptors (Lipinski definition) is 2. The van der Waals surface area contributed by atoms with Crippen LogP contribution in [0, 0.1) is 0 Å². The van der Waals surface area contributed by atoms with E-state index < -0.39 is 0 Å². The van der Waals surface area contributed by atoms with Crippen molar-refractivity contribution in [3.8, 4) is 0 Å². The summed E-state index contributed by atoms with van der Waals surface area (Å²) < 4.78 is 0. The number of Topliss-reactive ketones (excluding diaryl/α,β-unsaturated/α-hetero) is 1. The minimum atomic E-state index is -0.249. The zero-order valence-electron chi connectivity index (χ0n) is 10.7. The monoisotopic (exact) mass is 305 g/mol. The molecular weight excluding hydrogens is 293 g/mol. The zero-order valence-corrected chi connectivity index (χ0v) is 12.2. The maximum Gasteiger partial charge on any atom is 0.181 e. The molecule has 0 radical (unpaired) electrons. The molecule has 0 fully saturated rings. The van der Waals surface area contributed by atoms with Crippen molar-refractivity contribution in [1.82, 2.24) is 5.32 Å². The van der Waals surface area contributed by atoms with Crippen LogP contribution in [0.15, 0.2) is 42.5 Å². The summed E-state index contributed by atoms with van der Waals surface area (Å²) in [6, 6.07) is 13.1. The van der Waals surface area contributed by atoms with Crippen molar-refractivity contribution in [2.24, 2.45) is 0 Å². The quantitative estimate of drug-likeness (QED) is 0.853. The van der Waals surface area contributed by atoms with Crippen LogP contribution in [0.2, 0.25) is 10.0 Å². The lowest BCUT2D eigenvalue weighted by atomic mass is 9.91. The second-order valence-corrected chi connectivity index (χ2v) is 5.66. The highest BCUT2D eigenvalue weighted by Gasteiger charge is 2.26. The number of nitrogens with one attached hydrogen (secondary N) is 1. The molecule has 4 heteroatoms. The molecule has 0 bridgehead atoms. The molecule has 1 aliphatic heterocycles. The summed E-state index contributed by atoms with van der Waals surface area (Å²) in [5, 5.41) is 4.01. The SMILES string of the molecule is O=C(c1cccc(Cl)c1Cl)C1Cc2ccccc2CN1. The van der Waals surface area contributed by atoms with E-state index in [1.54, 1.807) is 18.2 Å². The van der Waals surface area contributed by atoms with Gasteiger partial charge in [-0.3, -0.25) is 4.79 Å². The average molecular weight is 306 g/mol. The van der Waals surface area contributed by atoms with Gasteiger partial charge in [-0.05, 0) is 29.7 Å². The molecule has 2 aromatic carbocycles. The molecule has 1 N–H and O–H groups in total. The van der Waals surface area contributed by atoms with Crippen LogP contribution in [0.3, 0.4) is 0 Å². The Hall–Kier alpha value is -1.35. The molecule has 3 rings (SSSR count). The van der Waals surface area contributed by atoms with Crippen LogP contribution in [-0.4, -0.2) is 11.8 Å². The lowest BCUT2D eigenvalue weighted by Gasteiger charge is -2.25. The first-order chi connectivity index (χ1) is 9.66. The molecule has 1 heterocycles. The fourth-order valence-corrected chi connectivity index (χ4v) is 2.92. The van der Waals surface area contributed by atoms with Gasteiger partial charge >= 0.3 is 0 Å². The summed E-state index contributed by atoms with van der Waals surface area (Å²) in [4.78, 5) is 12.6. The van der Waals surface area contributed by atoms with Crippen LogP contribution in [0.4, 0.5) is 0 Å². The number of fused-ring (bicyclic) bond motifs is 1. The Kier molecular flexibility index (Phi) is 3.79. The van der Waals surface area contributed by atoms with E-state index in [4.69, 9.17) is 23.2 Å². The topological polar surface area (TPSA) is 29.1 Å². The van der Waals surface area contributed by atoms with Gasteiger partial charge in [0.05, 0.1) is 16.1 Å². The predicted octanol–water partition coefficient (Wildman–Crippen LogP) is 3.89. The minimum absolute atomic E-state index is 0.00740. The first-order valence-corrected chi connectivity index (χ1v) is 7.21. The van der Waals surface area contributed by atoms with Crippen molar-refractivity contribution in [2.45, 2.75) is 19.0 Å². The Labute approximate surface area is 127 Å². The van der Waals surface area contributed by atoms with Crippen LogP contribution >= 0.6 is 23.2 Å². The molecule has 20 heavy (non-hydrogen) atoms. The second kappa shape index (κ2) is 5.57. The Morgan fingerprint density at radius 1 is 1.05 bits per heavy atom. The van der Waals surface area contributed by atoms with Crippen LogP contribution in [0.1, 0.15) is 21.5 Å². The van der Waals surface area contributed by atoms with Crippen molar-refractivity contribution < 1.29 is 4.79 Å². The van der Waals surface area contributed by atoms with Crippen molar-refractivity contribution in [3.63, 3.8) is 0 Å². The number of benzene rings is 2. The molecule has 0 saturated carbocycles. The van der Waals surface area contributed by atoms with E-state index in [0.29, 0.717) is 28.6 Å². The first-order valence-electron chi connectivity index (χ1n) is 6.45. The minimum Gasteiger partial charge on any atom is -0.303 e. The number of rotatable bonds is 2. The summed E-state index contributed by atoms with van der Waals surface area (Å²) in [5.41, 5.74) is 2.94. The van der Waals surface area contributed by atoms with Crippen LogP contribution in [-0.2, 0) is 13.0 Å². The van der Waals surface area contributed by atoms with Gasteiger partial charge in [0.2, 0.25) is 0 Å². The Morgan fingerprint density at radius 3 is 2.60 bits per heavy atom. The highest BCUT2D eigenvalue weighted by Crippen LogP contribution is 2.28. The predicted molar refractivity (Wildman–Crippen MR) is 81.6 cm³/mol. The maximum absolute atomic E-state index is 12.6. The third-order valence-corrected chi connectivity index (χ3v) is 4.43. The van der Waals surface area contributed by atoms with Crippen molar-refractivity contribution in [3.05, 3.63) is 69.2 Å². The fourth-order valence-electron chi connectivity index (χ4n) is 2.52. The van der Waals surface area contributed by atoms with Crippen LogP contribution in [0.25, 0.3) is 0 Å². The van der Waals surface area contributed by atoms with Gasteiger partial charge in [0.25, 0.3) is 0 Å². The molecule has 102 valence electrons. The molecule has 0 aromatic heterocycles. The number of halogens is 2. The van der Waals surface area contributed by atoms with Gasteiger partial charge in [-0.1, -0.05) is 53.5 Å². The standard InChI is InChI=1S/C16H13Cl2NO/c17-13-7-3-6-12(15(13)18)16(20)14-8-10-4-1-2-5-11(10)9-19-14/h1-7,14,19H,8-9H2. The van der Waals surface area contributed by atoms with Crippen LogP contribution < -0.4 is 5.32 Å². The largest absolute Gasteiger partial charge is 0.303 e. The summed E-state index contributed by atoms with van der Waals surface area (Å²) in [7, 11) is 0. The van der Waals surface area contributed by atoms with E-state index in [2.05, 4.69) is 17.4 Å². The highest BCUT2D eigenvalue weighted by atomic mass is 35.5. The summed E-state index contributed by atoms with van der Waals surface area (Å²) >= 11 is 12.1. The maximum atomic E-state index is 12.6. The Bertz CT molecular complexity index is 669. The van der Waals surface area contributed by atoms with E-state index in [1.807, 2.05) is 12.1 Å². The molecule has 0 saturated heterocycles. The van der Waals surface area contributed by atoms with E-state index in [-0.39, 0.29) is 11.8 Å². The van der Waals surface area contributed by atoms with Gasteiger partial charge < -0.3 is 5.32 Å². The molecule has 2 nitrogen and oxygen atoms in total. The zero-order chi connectivity index (χ0) is 14.1. The second-order valence-electron chi connectivity index (χ2n) is 4.87. The van der Waals surface area contributed by atoms with E-state index >= 15 is 0 Å². The number of ketones is 1. The summed E-state index contributed by atoms with van der Waals surface area (Å²) in [6.45, 7) is 0.699. The first kappa shape index (κ1) is 13.6. The van der Waals surface area contributed by atoms with Crippen molar-refractivity contribution >= 4 is 29.0 Å². The van der Waals surface area contributed by atoms with Crippen LogP contribution in [0.5, 0.6) is 0 Å². The average Bonchev–Trinajstić information content (AvgIpc) is 2.49. The molecule has 1 unspecified atom stereocenters. The molecule has 0 amide bonds. The van der Waals surface area contributed by atoms with Crippen molar-refractivity contribution in [1.29, 1.82) is 0 Å². The van der Waals surface area contributed by atoms with Gasteiger partial charge in [-0.2, -0.15) is 0 Å². The van der Waals surface area contributed by atoms with E-state index in [0.717, 1.165) is 0 Å². The Balaban J connectivity index is 1.88. The summed E-state index contributed by atoms with van der Waals surface area (Å²) in [5.74, 6) is -0.00740. The molecule has 0 aliphatic carbocycles. The van der Waals surface area contributed by atoms with Gasteiger partial charge in [-0.25, -0.2) is 0 Å². The highest BCUT2D eigenvalue weighted by molar-refractivity contribution is 6.44. The molecular formula is C16H13Cl2NO. The molecule has 1 atom stereocenters. The number of hydrogen-bond donors (Lipinski definition) is 1. The van der Waals surface area contributed by atoms with E-state index in [1.165, 1.54) is 11.1 Å². The molecule has 1 aliphatic rings. The van der Waals surface area contributed by atoms with Gasteiger partial charge in [0, 0.05) is 12.1 Å². The fraction of sp³-hybridized carbons (Fsp3) is 0.188. The third kappa shape index (κ3) is 2.47. The molecule has 0 spiro atoms. The Morgan fingerprint density at radius 2 is 1.80 bits per heavy atom. The number of carbonyl (C=O) groups is 1. The van der Waals surface area contributed by atoms with Crippen molar-refractivity contribution in [2.75, 3.05) is 0 Å². The lowest BCUT2D eigenvalue weighted by Crippen LogP contribution is -2.41. The molecule has 2 aromatic rings. The van der Waals surface area contributed by atoms with Gasteiger partial charge in [-0.15, -0.1) is 0 Å². The smallest absolute Gasteiger partial charge is 0.181 e. The van der Waals surface area contributed by atoms with Gasteiger partial charge in [0.1, 0.15) is 0 Å². The van der Waals surface area contributed by atoms with Gasteiger partial charge in [0.15, 0.2) is 5.78 Å². The third-order valence-electron chi connectivity index (χ3n) is 3.61. The van der Waals surface area contributed by atoms with E-state index in [9.17, 15) is 4.79 Å².